The molecule has 0 saturated carbocycles. The number of unbranched alkanes of at least 4 members (excludes halogenated alkanes) is 1. The Kier molecular flexibility index (Phi) is 4.52. The smallest absolute Gasteiger partial charge is 0.385 e. The van der Waals surface area contributed by atoms with Crippen molar-refractivity contribution in [2.24, 2.45) is 0 Å². The summed E-state index contributed by atoms with van der Waals surface area (Å²) in [4.78, 5) is 9.50. The van der Waals surface area contributed by atoms with Crippen LogP contribution in [0.1, 0.15) is 25.3 Å². The quantitative estimate of drug-likeness (QED) is 0.498. The molecule has 100 valence electrons. The zero-order valence-corrected chi connectivity index (χ0v) is 9.75. The standard InChI is InChI=1S/C11H13F3N2O2/c1-2-3-6-15-8-4-5-10(16(17)18)9(7-8)11(12,13)14/h4-5,7,15H,2-3,6H2,1H3. The molecule has 0 bridgehead atoms. The van der Waals surface area contributed by atoms with Gasteiger partial charge in [-0.3, -0.25) is 10.1 Å². The van der Waals surface area contributed by atoms with Gasteiger partial charge in [-0.2, -0.15) is 13.2 Å². The number of nitro benzene ring substituents is 1. The third-order valence-corrected chi connectivity index (χ3v) is 2.36. The van der Waals surface area contributed by atoms with Gasteiger partial charge in [0.2, 0.25) is 0 Å². The molecule has 1 aromatic rings. The molecule has 0 radical (unpaired) electrons. The summed E-state index contributed by atoms with van der Waals surface area (Å²) in [6.07, 6.45) is -3.00. The van der Waals surface area contributed by atoms with Gasteiger partial charge in [-0.1, -0.05) is 13.3 Å². The lowest BCUT2D eigenvalue weighted by Crippen LogP contribution is -2.10. The van der Waals surface area contributed by atoms with Gasteiger partial charge >= 0.3 is 6.18 Å². The maximum Gasteiger partial charge on any atom is 0.423 e. The van der Waals surface area contributed by atoms with E-state index in [-0.39, 0.29) is 5.69 Å². The zero-order valence-electron chi connectivity index (χ0n) is 9.75. The van der Waals surface area contributed by atoms with E-state index < -0.39 is 22.4 Å². The summed E-state index contributed by atoms with van der Waals surface area (Å²) in [5.41, 5.74) is -1.92. The van der Waals surface area contributed by atoms with Crippen LogP contribution < -0.4 is 5.32 Å². The molecule has 1 aromatic carbocycles. The molecule has 0 aliphatic carbocycles. The number of benzene rings is 1. The lowest BCUT2D eigenvalue weighted by molar-refractivity contribution is -0.388. The molecule has 0 fully saturated rings. The minimum atomic E-state index is -4.73. The third kappa shape index (κ3) is 3.61. The molecule has 1 rings (SSSR count). The highest BCUT2D eigenvalue weighted by Crippen LogP contribution is 2.37. The van der Waals surface area contributed by atoms with Gasteiger partial charge in [0.25, 0.3) is 5.69 Å². The van der Waals surface area contributed by atoms with Crippen LogP contribution in [0.15, 0.2) is 18.2 Å². The summed E-state index contributed by atoms with van der Waals surface area (Å²) in [7, 11) is 0. The normalized spacial score (nSPS) is 11.3. The Balaban J connectivity index is 3.02. The number of nitro groups is 1. The Morgan fingerprint density at radius 3 is 2.56 bits per heavy atom. The van der Waals surface area contributed by atoms with Gasteiger partial charge in [0.1, 0.15) is 5.56 Å². The Morgan fingerprint density at radius 1 is 1.39 bits per heavy atom. The van der Waals surface area contributed by atoms with Crippen molar-refractivity contribution < 1.29 is 18.1 Å². The number of anilines is 1. The van der Waals surface area contributed by atoms with Crippen LogP contribution in [0.2, 0.25) is 0 Å². The minimum absolute atomic E-state index is 0.237. The molecule has 1 N–H and O–H groups in total. The van der Waals surface area contributed by atoms with E-state index in [2.05, 4.69) is 5.32 Å². The molecule has 18 heavy (non-hydrogen) atoms. The van der Waals surface area contributed by atoms with Gasteiger partial charge in [-0.25, -0.2) is 0 Å². The summed E-state index contributed by atoms with van der Waals surface area (Å²) in [6.45, 7) is 2.49. The van der Waals surface area contributed by atoms with Gasteiger partial charge < -0.3 is 5.32 Å². The number of nitrogens with one attached hydrogen (secondary N) is 1. The molecule has 0 unspecified atom stereocenters. The molecule has 0 aliphatic rings. The predicted octanol–water partition coefficient (Wildman–Crippen LogP) is 3.83. The molecule has 0 amide bonds. The first-order valence-corrected chi connectivity index (χ1v) is 5.45. The van der Waals surface area contributed by atoms with Crippen LogP contribution >= 0.6 is 0 Å². The highest BCUT2D eigenvalue weighted by molar-refractivity contribution is 5.55. The van der Waals surface area contributed by atoms with Crippen molar-refractivity contribution >= 4 is 11.4 Å². The summed E-state index contributed by atoms with van der Waals surface area (Å²) in [5, 5.41) is 13.3. The van der Waals surface area contributed by atoms with Crippen LogP contribution in [0.3, 0.4) is 0 Å². The summed E-state index contributed by atoms with van der Waals surface area (Å²) in [6, 6.07) is 2.92. The second-order valence-electron chi connectivity index (χ2n) is 3.77. The predicted molar refractivity (Wildman–Crippen MR) is 61.5 cm³/mol. The van der Waals surface area contributed by atoms with E-state index in [1.807, 2.05) is 6.92 Å². The lowest BCUT2D eigenvalue weighted by atomic mass is 10.1. The highest BCUT2D eigenvalue weighted by atomic mass is 19.4. The molecule has 4 nitrogen and oxygen atoms in total. The van der Waals surface area contributed by atoms with Gasteiger partial charge in [0.15, 0.2) is 0 Å². The largest absolute Gasteiger partial charge is 0.423 e. The maximum absolute atomic E-state index is 12.6. The fourth-order valence-corrected chi connectivity index (χ4v) is 1.44. The highest BCUT2D eigenvalue weighted by Gasteiger charge is 2.38. The van der Waals surface area contributed by atoms with Crippen molar-refractivity contribution in [1.82, 2.24) is 0 Å². The van der Waals surface area contributed by atoms with E-state index in [9.17, 15) is 23.3 Å². The van der Waals surface area contributed by atoms with E-state index >= 15 is 0 Å². The number of alkyl halides is 3. The fraction of sp³-hybridized carbons (Fsp3) is 0.455. The first-order chi connectivity index (χ1) is 8.36. The van der Waals surface area contributed by atoms with Crippen molar-refractivity contribution in [2.75, 3.05) is 11.9 Å². The average molecular weight is 262 g/mol. The minimum Gasteiger partial charge on any atom is -0.385 e. The first kappa shape index (κ1) is 14.3. The van der Waals surface area contributed by atoms with E-state index in [0.717, 1.165) is 25.0 Å². The molecular formula is C11H13F3N2O2. The van der Waals surface area contributed by atoms with Crippen molar-refractivity contribution in [3.05, 3.63) is 33.9 Å². The molecule has 0 spiro atoms. The number of hydrogen-bond acceptors (Lipinski definition) is 3. The van der Waals surface area contributed by atoms with Crippen LogP contribution in [0.5, 0.6) is 0 Å². The fourth-order valence-electron chi connectivity index (χ4n) is 1.44. The van der Waals surface area contributed by atoms with Crippen LogP contribution in [0.25, 0.3) is 0 Å². The number of nitrogens with zero attached hydrogens (tertiary/aromatic N) is 1. The summed E-state index contributed by atoms with van der Waals surface area (Å²) >= 11 is 0. The second kappa shape index (κ2) is 5.70. The number of hydrogen-bond donors (Lipinski definition) is 1. The molecule has 0 heterocycles. The van der Waals surface area contributed by atoms with Gasteiger partial charge in [-0.15, -0.1) is 0 Å². The third-order valence-electron chi connectivity index (χ3n) is 2.36. The Morgan fingerprint density at radius 2 is 2.06 bits per heavy atom. The Hall–Kier alpha value is -1.79. The van der Waals surface area contributed by atoms with E-state index in [1.54, 1.807) is 0 Å². The van der Waals surface area contributed by atoms with Gasteiger partial charge in [0, 0.05) is 18.3 Å². The van der Waals surface area contributed by atoms with E-state index in [4.69, 9.17) is 0 Å². The zero-order chi connectivity index (χ0) is 13.8. The monoisotopic (exact) mass is 262 g/mol. The molecule has 0 atom stereocenters. The first-order valence-electron chi connectivity index (χ1n) is 5.45. The number of halogens is 3. The number of rotatable bonds is 5. The van der Waals surface area contributed by atoms with Gasteiger partial charge in [-0.05, 0) is 18.6 Å². The topological polar surface area (TPSA) is 55.2 Å². The van der Waals surface area contributed by atoms with Crippen molar-refractivity contribution in [1.29, 1.82) is 0 Å². The lowest BCUT2D eigenvalue weighted by Gasteiger charge is -2.10. The second-order valence-corrected chi connectivity index (χ2v) is 3.77. The van der Waals surface area contributed by atoms with Crippen LogP contribution in [0, 0.1) is 10.1 Å². The molecular weight excluding hydrogens is 249 g/mol. The van der Waals surface area contributed by atoms with Crippen molar-refractivity contribution in [3.8, 4) is 0 Å². The Labute approximate surface area is 102 Å². The summed E-state index contributed by atoms with van der Waals surface area (Å²) in [5.74, 6) is 0. The van der Waals surface area contributed by atoms with Crippen LogP contribution in [-0.2, 0) is 6.18 Å². The SMILES string of the molecule is CCCCNc1ccc([N+](=O)[O-])c(C(F)(F)F)c1. The molecule has 0 saturated heterocycles. The Bertz CT molecular complexity index is 433. The average Bonchev–Trinajstić information content (AvgIpc) is 2.28. The maximum atomic E-state index is 12.6. The van der Waals surface area contributed by atoms with Crippen LogP contribution in [-0.4, -0.2) is 11.5 Å². The van der Waals surface area contributed by atoms with Crippen molar-refractivity contribution in [2.45, 2.75) is 25.9 Å². The van der Waals surface area contributed by atoms with E-state index in [0.29, 0.717) is 6.54 Å². The summed E-state index contributed by atoms with van der Waals surface area (Å²) < 4.78 is 37.9. The molecule has 7 heteroatoms. The van der Waals surface area contributed by atoms with Crippen molar-refractivity contribution in [3.63, 3.8) is 0 Å². The van der Waals surface area contributed by atoms with E-state index in [1.165, 1.54) is 6.07 Å². The molecule has 0 aromatic heterocycles. The van der Waals surface area contributed by atoms with Crippen LogP contribution in [0.4, 0.5) is 24.5 Å². The molecule has 0 aliphatic heterocycles. The van der Waals surface area contributed by atoms with Gasteiger partial charge in [0.05, 0.1) is 4.92 Å².